The first-order valence-electron chi connectivity index (χ1n) is 6.93. The van der Waals surface area contributed by atoms with Gasteiger partial charge in [0.1, 0.15) is 0 Å². The Morgan fingerprint density at radius 3 is 2.67 bits per heavy atom. The Hall–Kier alpha value is -0.380. The smallest absolute Gasteiger partial charge is 0.0865 e. The standard InChI is InChI=1S/C15H20BrNO/c16-13-5-3-11(4-6-13)15-12(2-1-9-18-15)10-17-14-7-8-14/h3-6,12,14-15,17H,1-2,7-10H2. The Kier molecular flexibility index (Phi) is 4.02. The maximum Gasteiger partial charge on any atom is 0.0865 e. The summed E-state index contributed by atoms with van der Waals surface area (Å²) < 4.78 is 7.15. The summed E-state index contributed by atoms with van der Waals surface area (Å²) in [5.41, 5.74) is 1.32. The minimum atomic E-state index is 0.276. The fourth-order valence-electron chi connectivity index (χ4n) is 2.68. The average Bonchev–Trinajstić information content (AvgIpc) is 3.22. The molecule has 1 saturated heterocycles. The third-order valence-corrected chi connectivity index (χ3v) is 4.42. The molecule has 2 unspecified atom stereocenters. The van der Waals surface area contributed by atoms with E-state index in [0.717, 1.165) is 23.7 Å². The highest BCUT2D eigenvalue weighted by molar-refractivity contribution is 9.10. The molecule has 2 nitrogen and oxygen atoms in total. The van der Waals surface area contributed by atoms with E-state index in [1.807, 2.05) is 0 Å². The molecule has 2 aliphatic rings. The molecule has 2 fully saturated rings. The van der Waals surface area contributed by atoms with E-state index in [-0.39, 0.29) is 6.10 Å². The second-order valence-corrected chi connectivity index (χ2v) is 6.34. The van der Waals surface area contributed by atoms with Crippen LogP contribution in [-0.2, 0) is 4.74 Å². The van der Waals surface area contributed by atoms with E-state index >= 15 is 0 Å². The van der Waals surface area contributed by atoms with Crippen molar-refractivity contribution in [1.82, 2.24) is 5.32 Å². The van der Waals surface area contributed by atoms with Gasteiger partial charge in [0.2, 0.25) is 0 Å². The van der Waals surface area contributed by atoms with Gasteiger partial charge in [-0.2, -0.15) is 0 Å². The monoisotopic (exact) mass is 309 g/mol. The second-order valence-electron chi connectivity index (χ2n) is 5.43. The molecule has 0 amide bonds. The topological polar surface area (TPSA) is 21.3 Å². The summed E-state index contributed by atoms with van der Waals surface area (Å²) >= 11 is 3.49. The quantitative estimate of drug-likeness (QED) is 0.916. The summed E-state index contributed by atoms with van der Waals surface area (Å²) in [5, 5.41) is 3.65. The van der Waals surface area contributed by atoms with E-state index in [1.54, 1.807) is 0 Å². The van der Waals surface area contributed by atoms with Gasteiger partial charge in [0.05, 0.1) is 6.10 Å². The van der Waals surface area contributed by atoms with Gasteiger partial charge in [-0.1, -0.05) is 28.1 Å². The lowest BCUT2D eigenvalue weighted by Gasteiger charge is -2.32. The summed E-state index contributed by atoms with van der Waals surface area (Å²) in [5.74, 6) is 0.625. The van der Waals surface area contributed by atoms with Gasteiger partial charge in [0, 0.05) is 29.6 Å². The summed E-state index contributed by atoms with van der Waals surface area (Å²) in [4.78, 5) is 0. The number of hydrogen-bond donors (Lipinski definition) is 1. The number of nitrogens with one attached hydrogen (secondary N) is 1. The molecule has 3 heteroatoms. The highest BCUT2D eigenvalue weighted by Gasteiger charge is 2.29. The number of hydrogen-bond acceptors (Lipinski definition) is 2. The zero-order valence-corrected chi connectivity index (χ0v) is 12.2. The lowest BCUT2D eigenvalue weighted by molar-refractivity contribution is -0.0278. The Bertz CT molecular complexity index is 388. The molecule has 0 bridgehead atoms. The number of benzene rings is 1. The third kappa shape index (κ3) is 3.14. The van der Waals surface area contributed by atoms with Gasteiger partial charge in [0.15, 0.2) is 0 Å². The number of ether oxygens (including phenoxy) is 1. The van der Waals surface area contributed by atoms with Crippen molar-refractivity contribution < 1.29 is 4.74 Å². The minimum absolute atomic E-state index is 0.276. The van der Waals surface area contributed by atoms with Gasteiger partial charge in [-0.15, -0.1) is 0 Å². The van der Waals surface area contributed by atoms with Crippen LogP contribution in [0.25, 0.3) is 0 Å². The largest absolute Gasteiger partial charge is 0.373 e. The first kappa shape index (κ1) is 12.6. The van der Waals surface area contributed by atoms with Crippen LogP contribution in [0.4, 0.5) is 0 Å². The van der Waals surface area contributed by atoms with Gasteiger partial charge in [-0.25, -0.2) is 0 Å². The fourth-order valence-corrected chi connectivity index (χ4v) is 2.94. The van der Waals surface area contributed by atoms with Crippen LogP contribution in [0.1, 0.15) is 37.4 Å². The van der Waals surface area contributed by atoms with Crippen LogP contribution < -0.4 is 5.32 Å². The van der Waals surface area contributed by atoms with Crippen molar-refractivity contribution in [2.75, 3.05) is 13.2 Å². The maximum atomic E-state index is 6.01. The Morgan fingerprint density at radius 2 is 1.94 bits per heavy atom. The zero-order valence-electron chi connectivity index (χ0n) is 10.6. The molecule has 0 aromatic heterocycles. The predicted octanol–water partition coefficient (Wildman–Crippen LogP) is 3.67. The minimum Gasteiger partial charge on any atom is -0.373 e. The average molecular weight is 310 g/mol. The van der Waals surface area contributed by atoms with Crippen LogP contribution in [0.3, 0.4) is 0 Å². The van der Waals surface area contributed by atoms with Crippen molar-refractivity contribution in [3.63, 3.8) is 0 Å². The molecule has 1 heterocycles. The van der Waals surface area contributed by atoms with Crippen molar-refractivity contribution in [2.45, 2.75) is 37.8 Å². The normalized spacial score (nSPS) is 28.3. The summed E-state index contributed by atoms with van der Waals surface area (Å²) in [6.07, 6.45) is 5.47. The maximum absolute atomic E-state index is 6.01. The van der Waals surface area contributed by atoms with Crippen LogP contribution in [0, 0.1) is 5.92 Å². The number of halogens is 1. The van der Waals surface area contributed by atoms with Crippen LogP contribution in [0.2, 0.25) is 0 Å². The zero-order chi connectivity index (χ0) is 12.4. The predicted molar refractivity (Wildman–Crippen MR) is 76.6 cm³/mol. The summed E-state index contributed by atoms with van der Waals surface area (Å²) in [6, 6.07) is 9.38. The molecule has 1 N–H and O–H groups in total. The Balaban J connectivity index is 1.67. The Labute approximate surface area is 117 Å². The fraction of sp³-hybridized carbons (Fsp3) is 0.600. The molecule has 98 valence electrons. The molecule has 0 radical (unpaired) electrons. The molecule has 2 atom stereocenters. The van der Waals surface area contributed by atoms with Crippen LogP contribution in [-0.4, -0.2) is 19.2 Å². The molecule has 1 aromatic rings. The van der Waals surface area contributed by atoms with Crippen molar-refractivity contribution in [3.8, 4) is 0 Å². The summed E-state index contributed by atoms with van der Waals surface area (Å²) in [7, 11) is 0. The first-order chi connectivity index (χ1) is 8.83. The van der Waals surface area contributed by atoms with Crippen LogP contribution in [0.5, 0.6) is 0 Å². The molecular formula is C15H20BrNO. The lowest BCUT2D eigenvalue weighted by Crippen LogP contribution is -2.32. The van der Waals surface area contributed by atoms with Gasteiger partial charge in [-0.3, -0.25) is 0 Å². The molecule has 1 aromatic carbocycles. The first-order valence-corrected chi connectivity index (χ1v) is 7.72. The molecule has 1 saturated carbocycles. The highest BCUT2D eigenvalue weighted by Crippen LogP contribution is 2.34. The van der Waals surface area contributed by atoms with E-state index in [1.165, 1.54) is 31.2 Å². The molecule has 1 aliphatic heterocycles. The van der Waals surface area contributed by atoms with Gasteiger partial charge >= 0.3 is 0 Å². The van der Waals surface area contributed by atoms with E-state index < -0.39 is 0 Å². The van der Waals surface area contributed by atoms with Gasteiger partial charge in [-0.05, 0) is 43.4 Å². The number of rotatable bonds is 4. The molecule has 3 rings (SSSR count). The van der Waals surface area contributed by atoms with E-state index in [0.29, 0.717) is 5.92 Å². The van der Waals surface area contributed by atoms with E-state index in [9.17, 15) is 0 Å². The molecule has 0 spiro atoms. The van der Waals surface area contributed by atoms with Crippen molar-refractivity contribution >= 4 is 15.9 Å². The SMILES string of the molecule is Brc1ccc(C2OCCCC2CNC2CC2)cc1. The van der Waals surface area contributed by atoms with Crippen LogP contribution >= 0.6 is 15.9 Å². The van der Waals surface area contributed by atoms with Crippen LogP contribution in [0.15, 0.2) is 28.7 Å². The molecule has 1 aliphatic carbocycles. The van der Waals surface area contributed by atoms with E-state index in [4.69, 9.17) is 4.74 Å². The molecule has 18 heavy (non-hydrogen) atoms. The summed E-state index contributed by atoms with van der Waals surface area (Å²) in [6.45, 7) is 2.01. The highest BCUT2D eigenvalue weighted by atomic mass is 79.9. The van der Waals surface area contributed by atoms with Gasteiger partial charge < -0.3 is 10.1 Å². The molecular weight excluding hydrogens is 290 g/mol. The van der Waals surface area contributed by atoms with Crippen molar-refractivity contribution in [3.05, 3.63) is 34.3 Å². The lowest BCUT2D eigenvalue weighted by atomic mass is 9.89. The van der Waals surface area contributed by atoms with Crippen molar-refractivity contribution in [1.29, 1.82) is 0 Å². The van der Waals surface area contributed by atoms with Gasteiger partial charge in [0.25, 0.3) is 0 Å². The Morgan fingerprint density at radius 1 is 1.17 bits per heavy atom. The second kappa shape index (κ2) is 5.72. The third-order valence-electron chi connectivity index (χ3n) is 3.89. The van der Waals surface area contributed by atoms with E-state index in [2.05, 4.69) is 45.5 Å². The van der Waals surface area contributed by atoms with Crippen molar-refractivity contribution in [2.24, 2.45) is 5.92 Å².